The lowest BCUT2D eigenvalue weighted by Gasteiger charge is -2.41. The van der Waals surface area contributed by atoms with Crippen molar-refractivity contribution in [2.24, 2.45) is 0 Å². The number of hydrogen-bond acceptors (Lipinski definition) is 3. The summed E-state index contributed by atoms with van der Waals surface area (Å²) in [5, 5.41) is 3.49. The molecule has 0 saturated heterocycles. The number of nitrogens with one attached hydrogen (secondary N) is 1. The van der Waals surface area contributed by atoms with Crippen LogP contribution < -0.4 is 14.8 Å². The third kappa shape index (κ3) is 3.09. The average molecular weight is 270 g/mol. The van der Waals surface area contributed by atoms with Gasteiger partial charge in [0.15, 0.2) is 11.5 Å². The molecule has 0 heterocycles. The number of hydrogen-bond donors (Lipinski definition) is 1. The summed E-state index contributed by atoms with van der Waals surface area (Å²) in [6.45, 7) is 1.43. The Kier molecular flexibility index (Phi) is 4.72. The molecule has 0 aliphatic heterocycles. The monoisotopic (exact) mass is 269 g/mol. The molecule has 1 aromatic rings. The maximum Gasteiger partial charge on any atom is 0.161 e. The van der Waals surface area contributed by atoms with Gasteiger partial charge in [-0.3, -0.25) is 0 Å². The molecule has 2 rings (SSSR count). The molecule has 1 aromatic carbocycles. The van der Waals surface area contributed by atoms with Crippen molar-refractivity contribution in [1.82, 2.24) is 5.32 Å². The van der Waals surface area contributed by atoms with E-state index in [-0.39, 0.29) is 5.54 Å². The minimum absolute atomic E-state index is 0.158. The van der Waals surface area contributed by atoms with Crippen LogP contribution in [-0.4, -0.2) is 31.7 Å². The van der Waals surface area contributed by atoms with Crippen LogP contribution in [0.4, 0.5) is 0 Å². The van der Waals surface area contributed by atoms with Gasteiger partial charge in [0.25, 0.3) is 0 Å². The fourth-order valence-electron chi connectivity index (χ4n) is 2.18. The molecule has 3 nitrogen and oxygen atoms in total. The molecule has 0 atom stereocenters. The van der Waals surface area contributed by atoms with E-state index < -0.39 is 0 Å². The third-order valence-electron chi connectivity index (χ3n) is 3.50. The number of rotatable bonds is 7. The van der Waals surface area contributed by atoms with Crippen molar-refractivity contribution in [3.05, 3.63) is 24.3 Å². The van der Waals surface area contributed by atoms with Gasteiger partial charge in [0.1, 0.15) is 6.61 Å². The molecule has 1 fully saturated rings. The second-order valence-corrected chi connectivity index (χ2v) is 4.96. The Morgan fingerprint density at radius 2 is 2.00 bits per heavy atom. The molecule has 1 aliphatic rings. The molecule has 0 unspecified atom stereocenters. The van der Waals surface area contributed by atoms with Crippen molar-refractivity contribution in [3.63, 3.8) is 0 Å². The van der Waals surface area contributed by atoms with E-state index >= 15 is 0 Å². The first-order chi connectivity index (χ1) is 8.79. The summed E-state index contributed by atoms with van der Waals surface area (Å²) in [4.78, 5) is 0. The Morgan fingerprint density at radius 3 is 2.56 bits per heavy atom. The van der Waals surface area contributed by atoms with Gasteiger partial charge in [-0.15, -0.1) is 11.6 Å². The number of benzene rings is 1. The van der Waals surface area contributed by atoms with Gasteiger partial charge in [-0.1, -0.05) is 12.1 Å². The summed E-state index contributed by atoms with van der Waals surface area (Å²) >= 11 is 5.98. The summed E-state index contributed by atoms with van der Waals surface area (Å²) < 4.78 is 10.9. The van der Waals surface area contributed by atoms with Gasteiger partial charge in [0.2, 0.25) is 0 Å². The van der Waals surface area contributed by atoms with E-state index in [2.05, 4.69) is 5.32 Å². The van der Waals surface area contributed by atoms with Crippen molar-refractivity contribution in [3.8, 4) is 11.5 Å². The molecule has 4 heteroatoms. The highest BCUT2D eigenvalue weighted by atomic mass is 35.5. The number of ether oxygens (including phenoxy) is 2. The van der Waals surface area contributed by atoms with Crippen molar-refractivity contribution in [2.75, 3.05) is 26.1 Å². The maximum absolute atomic E-state index is 5.98. The molecular weight excluding hydrogens is 250 g/mol. The summed E-state index contributed by atoms with van der Waals surface area (Å²) in [6.07, 6.45) is 3.61. The van der Waals surface area contributed by atoms with E-state index in [1.165, 1.54) is 19.3 Å². The van der Waals surface area contributed by atoms with Gasteiger partial charge in [0, 0.05) is 18.0 Å². The van der Waals surface area contributed by atoms with Gasteiger partial charge < -0.3 is 14.8 Å². The Bertz CT molecular complexity index is 374. The van der Waals surface area contributed by atoms with Crippen molar-refractivity contribution in [2.45, 2.75) is 24.8 Å². The van der Waals surface area contributed by atoms with Crippen LogP contribution in [0.1, 0.15) is 19.3 Å². The SMILES string of the molecule is COc1ccccc1OCCNC1(CCl)CCC1. The topological polar surface area (TPSA) is 30.5 Å². The highest BCUT2D eigenvalue weighted by Gasteiger charge is 2.35. The first kappa shape index (κ1) is 13.5. The summed E-state index contributed by atoms with van der Waals surface area (Å²) in [5.74, 6) is 2.24. The number of methoxy groups -OCH3 is 1. The Labute approximate surface area is 113 Å². The molecule has 100 valence electrons. The van der Waals surface area contributed by atoms with E-state index in [4.69, 9.17) is 21.1 Å². The zero-order chi connectivity index (χ0) is 12.8. The molecule has 0 aromatic heterocycles. The molecule has 1 aliphatic carbocycles. The van der Waals surface area contributed by atoms with E-state index in [9.17, 15) is 0 Å². The van der Waals surface area contributed by atoms with Crippen LogP contribution >= 0.6 is 11.6 Å². The second kappa shape index (κ2) is 6.30. The smallest absolute Gasteiger partial charge is 0.161 e. The zero-order valence-electron chi connectivity index (χ0n) is 10.7. The van der Waals surface area contributed by atoms with Crippen LogP contribution in [0.15, 0.2) is 24.3 Å². The summed E-state index contributed by atoms with van der Waals surface area (Å²) in [5.41, 5.74) is 0.158. The molecule has 0 bridgehead atoms. The minimum atomic E-state index is 0.158. The first-order valence-corrected chi connectivity index (χ1v) is 6.90. The lowest BCUT2D eigenvalue weighted by molar-refractivity contribution is 0.193. The molecular formula is C14H20ClNO2. The van der Waals surface area contributed by atoms with Gasteiger partial charge in [0.05, 0.1) is 7.11 Å². The minimum Gasteiger partial charge on any atom is -0.493 e. The molecule has 0 spiro atoms. The van der Waals surface area contributed by atoms with E-state index in [1.54, 1.807) is 7.11 Å². The summed E-state index contributed by atoms with van der Waals surface area (Å²) in [6, 6.07) is 7.69. The van der Waals surface area contributed by atoms with Crippen molar-refractivity contribution < 1.29 is 9.47 Å². The molecule has 1 N–H and O–H groups in total. The third-order valence-corrected chi connectivity index (χ3v) is 4.01. The van der Waals surface area contributed by atoms with Gasteiger partial charge in [-0.2, -0.15) is 0 Å². The maximum atomic E-state index is 5.98. The first-order valence-electron chi connectivity index (χ1n) is 6.36. The van der Waals surface area contributed by atoms with Crippen LogP contribution in [0, 0.1) is 0 Å². The molecule has 0 radical (unpaired) electrons. The van der Waals surface area contributed by atoms with Crippen LogP contribution in [0.25, 0.3) is 0 Å². The average Bonchev–Trinajstić information content (AvgIpc) is 2.37. The summed E-state index contributed by atoms with van der Waals surface area (Å²) in [7, 11) is 1.65. The van der Waals surface area contributed by atoms with E-state index in [0.29, 0.717) is 12.5 Å². The number of alkyl halides is 1. The van der Waals surface area contributed by atoms with Gasteiger partial charge in [-0.05, 0) is 31.4 Å². The zero-order valence-corrected chi connectivity index (χ0v) is 11.5. The Morgan fingerprint density at radius 1 is 1.28 bits per heavy atom. The fraction of sp³-hybridized carbons (Fsp3) is 0.571. The fourth-order valence-corrected chi connectivity index (χ4v) is 2.54. The standard InChI is InChI=1S/C14H20ClNO2/c1-17-12-5-2-3-6-13(12)18-10-9-16-14(11-15)7-4-8-14/h2-3,5-6,16H,4,7-11H2,1H3. The van der Waals surface area contributed by atoms with Crippen LogP contribution in [0.3, 0.4) is 0 Å². The van der Waals surface area contributed by atoms with E-state index in [1.807, 2.05) is 24.3 Å². The lowest BCUT2D eigenvalue weighted by Crippen LogP contribution is -2.53. The quantitative estimate of drug-likeness (QED) is 0.610. The van der Waals surface area contributed by atoms with Crippen molar-refractivity contribution in [1.29, 1.82) is 0 Å². The molecule has 1 saturated carbocycles. The largest absolute Gasteiger partial charge is 0.493 e. The highest BCUT2D eigenvalue weighted by Crippen LogP contribution is 2.32. The Hall–Kier alpha value is -0.930. The van der Waals surface area contributed by atoms with Gasteiger partial charge >= 0.3 is 0 Å². The van der Waals surface area contributed by atoms with Crippen LogP contribution in [0.5, 0.6) is 11.5 Å². The number of halogens is 1. The molecule has 18 heavy (non-hydrogen) atoms. The van der Waals surface area contributed by atoms with Crippen LogP contribution in [0.2, 0.25) is 0 Å². The predicted molar refractivity (Wildman–Crippen MR) is 73.8 cm³/mol. The lowest BCUT2D eigenvalue weighted by atomic mass is 9.78. The predicted octanol–water partition coefficient (Wildman–Crippen LogP) is 2.83. The number of para-hydroxylation sites is 2. The Balaban J connectivity index is 1.75. The normalized spacial score (nSPS) is 17.0. The molecule has 0 amide bonds. The van der Waals surface area contributed by atoms with Gasteiger partial charge in [-0.25, -0.2) is 0 Å². The highest BCUT2D eigenvalue weighted by molar-refractivity contribution is 6.18. The van der Waals surface area contributed by atoms with Crippen LogP contribution in [-0.2, 0) is 0 Å². The van der Waals surface area contributed by atoms with Crippen molar-refractivity contribution >= 4 is 11.6 Å². The second-order valence-electron chi connectivity index (χ2n) is 4.69. The van der Waals surface area contributed by atoms with E-state index in [0.717, 1.165) is 18.0 Å².